The van der Waals surface area contributed by atoms with Crippen LogP contribution in [0.3, 0.4) is 0 Å². The molecule has 0 radical (unpaired) electrons. The van der Waals surface area contributed by atoms with Gasteiger partial charge in [-0.15, -0.1) is 0 Å². The van der Waals surface area contributed by atoms with Gasteiger partial charge in [-0.3, -0.25) is 0 Å². The molecule has 0 amide bonds. The van der Waals surface area contributed by atoms with Gasteiger partial charge in [0.1, 0.15) is 5.75 Å². The maximum atomic E-state index is 12.6. The largest absolute Gasteiger partial charge is 0.610 e. The highest BCUT2D eigenvalue weighted by Gasteiger charge is 2.21. The molecule has 0 aliphatic heterocycles. The zero-order chi connectivity index (χ0) is 20.1. The molecular weight excluding hydrogens is 398 g/mol. The molecule has 0 spiro atoms. The number of aromatic amines is 1. The summed E-state index contributed by atoms with van der Waals surface area (Å²) in [5.41, 5.74) is 4.09. The minimum absolute atomic E-state index is 0.122. The summed E-state index contributed by atoms with van der Waals surface area (Å²) in [5, 5.41) is 1.57. The predicted octanol–water partition coefficient (Wildman–Crippen LogP) is 5.43. The summed E-state index contributed by atoms with van der Waals surface area (Å²) in [4.78, 5) is 12.6. The summed E-state index contributed by atoms with van der Waals surface area (Å²) in [6.45, 7) is 2.07. The van der Waals surface area contributed by atoms with Gasteiger partial charge in [-0.05, 0) is 13.0 Å². The Balaban J connectivity index is 1.57. The van der Waals surface area contributed by atoms with Gasteiger partial charge in [-0.25, -0.2) is 9.97 Å². The molecule has 6 heteroatoms. The van der Waals surface area contributed by atoms with Crippen molar-refractivity contribution in [2.24, 2.45) is 0 Å². The number of hydrogen-bond donors (Lipinski definition) is 1. The van der Waals surface area contributed by atoms with E-state index in [0.717, 1.165) is 27.7 Å². The molecule has 0 aliphatic carbocycles. The zero-order valence-electron chi connectivity index (χ0n) is 16.0. The van der Waals surface area contributed by atoms with Crippen molar-refractivity contribution in [1.29, 1.82) is 0 Å². The van der Waals surface area contributed by atoms with E-state index in [-0.39, 0.29) is 5.25 Å². The number of aromatic nitrogens is 3. The molecule has 29 heavy (non-hydrogen) atoms. The molecule has 2 heterocycles. The Labute approximate surface area is 178 Å². The van der Waals surface area contributed by atoms with E-state index in [1.54, 1.807) is 24.0 Å². The number of hydrogen-bond acceptors (Lipinski definition) is 4. The van der Waals surface area contributed by atoms with E-state index in [0.29, 0.717) is 10.8 Å². The number of imidazole rings is 1. The fourth-order valence-corrected chi connectivity index (χ4v) is 5.37. The van der Waals surface area contributed by atoms with E-state index in [9.17, 15) is 4.55 Å². The molecule has 146 valence electrons. The second-order valence-corrected chi connectivity index (χ2v) is 9.48. The topological polar surface area (TPSA) is 64.6 Å². The fraction of sp³-hybridized carbons (Fsp3) is 0.130. The van der Waals surface area contributed by atoms with Gasteiger partial charge < -0.3 is 9.54 Å². The van der Waals surface area contributed by atoms with Gasteiger partial charge in [0, 0.05) is 34.6 Å². The number of rotatable bonds is 7. The third-order valence-electron chi connectivity index (χ3n) is 4.36. The summed E-state index contributed by atoms with van der Waals surface area (Å²) in [7, 11) is 0. The number of benzene rings is 2. The number of nitrogens with zero attached hydrogens (tertiary/aromatic N) is 2. The predicted molar refractivity (Wildman–Crippen MR) is 120 cm³/mol. The van der Waals surface area contributed by atoms with Crippen LogP contribution in [0.5, 0.6) is 0 Å². The Morgan fingerprint density at radius 2 is 1.59 bits per heavy atom. The van der Waals surface area contributed by atoms with E-state index < -0.39 is 11.2 Å². The first-order valence-corrected chi connectivity index (χ1v) is 11.6. The van der Waals surface area contributed by atoms with Crippen LogP contribution in [0.2, 0.25) is 0 Å². The standard InChI is InChI=1S/C23H21N3OS2/c1-17(16-29(27)20-14-8-9-15-24-20)28-23-25-21(18-10-4-2-5-11-18)22(26-23)19-12-6-3-7-13-19/h2-15,17H,16H2,1H3,(H,25,26). The first-order chi connectivity index (χ1) is 14.2. The number of thioether (sulfide) groups is 1. The number of pyridine rings is 1. The molecule has 2 aromatic carbocycles. The van der Waals surface area contributed by atoms with Crippen molar-refractivity contribution in [3.8, 4) is 22.5 Å². The highest BCUT2D eigenvalue weighted by Crippen LogP contribution is 2.34. The summed E-state index contributed by atoms with van der Waals surface area (Å²) in [6.07, 6.45) is 1.68. The second kappa shape index (κ2) is 9.31. The summed E-state index contributed by atoms with van der Waals surface area (Å²) in [5.74, 6) is 0.518. The SMILES string of the molecule is CC(C[S+]([O-])c1ccccn1)Sc1nc(-c2ccccc2)c(-c2ccccc2)[nH]1. The monoisotopic (exact) mass is 419 g/mol. The zero-order valence-corrected chi connectivity index (χ0v) is 17.6. The molecule has 4 nitrogen and oxygen atoms in total. The third-order valence-corrected chi connectivity index (χ3v) is 7.07. The van der Waals surface area contributed by atoms with Gasteiger partial charge in [0.25, 0.3) is 0 Å². The van der Waals surface area contributed by atoms with Crippen LogP contribution in [0.1, 0.15) is 6.92 Å². The molecule has 0 saturated carbocycles. The Hall–Kier alpha value is -2.54. The van der Waals surface area contributed by atoms with Crippen molar-refractivity contribution in [3.63, 3.8) is 0 Å². The summed E-state index contributed by atoms with van der Waals surface area (Å²) >= 11 is 0.472. The molecule has 0 bridgehead atoms. The fourth-order valence-electron chi connectivity index (χ4n) is 3.03. The molecule has 0 fully saturated rings. The lowest BCUT2D eigenvalue weighted by atomic mass is 10.1. The molecule has 2 unspecified atom stereocenters. The van der Waals surface area contributed by atoms with Gasteiger partial charge in [-0.2, -0.15) is 0 Å². The van der Waals surface area contributed by atoms with Gasteiger partial charge in [0.2, 0.25) is 5.03 Å². The van der Waals surface area contributed by atoms with E-state index >= 15 is 0 Å². The van der Waals surface area contributed by atoms with E-state index in [1.807, 2.05) is 48.5 Å². The quantitative estimate of drug-likeness (QED) is 0.321. The number of H-pyrrole nitrogens is 1. The Morgan fingerprint density at radius 1 is 0.931 bits per heavy atom. The highest BCUT2D eigenvalue weighted by atomic mass is 32.2. The maximum absolute atomic E-state index is 12.6. The average Bonchev–Trinajstić information content (AvgIpc) is 3.19. The van der Waals surface area contributed by atoms with Crippen LogP contribution in [0.4, 0.5) is 0 Å². The van der Waals surface area contributed by atoms with Gasteiger partial charge in [0.15, 0.2) is 5.16 Å². The van der Waals surface area contributed by atoms with Gasteiger partial charge >= 0.3 is 0 Å². The normalized spacial score (nSPS) is 13.2. The molecule has 2 aromatic heterocycles. The lowest BCUT2D eigenvalue weighted by Gasteiger charge is -2.13. The molecular formula is C23H21N3OS2. The van der Waals surface area contributed by atoms with Crippen molar-refractivity contribution >= 4 is 22.9 Å². The smallest absolute Gasteiger partial charge is 0.244 e. The Morgan fingerprint density at radius 3 is 2.24 bits per heavy atom. The molecule has 4 aromatic rings. The van der Waals surface area contributed by atoms with Gasteiger partial charge in [0.05, 0.1) is 16.6 Å². The van der Waals surface area contributed by atoms with Crippen molar-refractivity contribution < 1.29 is 4.55 Å². The molecule has 0 aliphatic rings. The molecule has 2 atom stereocenters. The first-order valence-electron chi connectivity index (χ1n) is 9.37. The van der Waals surface area contributed by atoms with E-state index in [4.69, 9.17) is 4.98 Å². The van der Waals surface area contributed by atoms with E-state index in [1.165, 1.54) is 0 Å². The van der Waals surface area contributed by atoms with Crippen LogP contribution in [0.15, 0.2) is 95.2 Å². The summed E-state index contributed by atoms with van der Waals surface area (Å²) in [6, 6.07) is 25.9. The minimum Gasteiger partial charge on any atom is -0.610 e. The third kappa shape index (κ3) is 4.90. The average molecular weight is 420 g/mol. The van der Waals surface area contributed by atoms with Crippen molar-refractivity contribution in [1.82, 2.24) is 15.0 Å². The Kier molecular flexibility index (Phi) is 6.34. The molecule has 4 rings (SSSR count). The van der Waals surface area contributed by atoms with Crippen LogP contribution < -0.4 is 0 Å². The first kappa shape index (κ1) is 19.8. The van der Waals surface area contributed by atoms with Crippen LogP contribution in [-0.2, 0) is 11.2 Å². The van der Waals surface area contributed by atoms with Gasteiger partial charge in [-0.1, -0.05) is 78.5 Å². The summed E-state index contributed by atoms with van der Waals surface area (Å²) < 4.78 is 12.6. The van der Waals surface area contributed by atoms with Crippen LogP contribution in [-0.4, -0.2) is 30.5 Å². The van der Waals surface area contributed by atoms with Crippen molar-refractivity contribution in [2.45, 2.75) is 22.4 Å². The lowest BCUT2D eigenvalue weighted by Crippen LogP contribution is -2.17. The second-order valence-electron chi connectivity index (χ2n) is 6.61. The van der Waals surface area contributed by atoms with Crippen molar-refractivity contribution in [2.75, 3.05) is 5.75 Å². The van der Waals surface area contributed by atoms with Crippen molar-refractivity contribution in [3.05, 3.63) is 85.1 Å². The Bertz CT molecular complexity index is 983. The van der Waals surface area contributed by atoms with Crippen LogP contribution >= 0.6 is 11.8 Å². The molecule has 1 N–H and O–H groups in total. The molecule has 0 saturated heterocycles. The minimum atomic E-state index is -1.13. The lowest BCUT2D eigenvalue weighted by molar-refractivity contribution is 0.590. The van der Waals surface area contributed by atoms with E-state index in [2.05, 4.69) is 41.2 Å². The maximum Gasteiger partial charge on any atom is 0.244 e. The highest BCUT2D eigenvalue weighted by molar-refractivity contribution is 8.01. The van der Waals surface area contributed by atoms with Crippen LogP contribution in [0.25, 0.3) is 22.5 Å². The van der Waals surface area contributed by atoms with Crippen LogP contribution in [0, 0.1) is 0 Å². The number of nitrogens with one attached hydrogen (secondary N) is 1.